The second-order valence-electron chi connectivity index (χ2n) is 4.64. The minimum absolute atomic E-state index is 0.0802. The summed E-state index contributed by atoms with van der Waals surface area (Å²) in [4.78, 5) is 4.50. The molecule has 1 aromatic carbocycles. The molecule has 0 saturated carbocycles. The van der Waals surface area contributed by atoms with Gasteiger partial charge >= 0.3 is 0 Å². The van der Waals surface area contributed by atoms with Gasteiger partial charge in [0.15, 0.2) is 0 Å². The molecular weight excluding hydrogens is 314 g/mol. The van der Waals surface area contributed by atoms with Crippen LogP contribution in [0.5, 0.6) is 0 Å². The molecule has 110 valence electrons. The molecule has 2 aromatic heterocycles. The molecule has 2 heterocycles. The first kappa shape index (κ1) is 14.4. The summed E-state index contributed by atoms with van der Waals surface area (Å²) in [6, 6.07) is 4.84. The third kappa shape index (κ3) is 2.89. The number of imidazole rings is 1. The molecule has 0 unspecified atom stereocenters. The molecule has 0 amide bonds. The zero-order chi connectivity index (χ0) is 14.8. The number of hydrogen-bond acceptors (Lipinski definition) is 2. The Morgan fingerprint density at radius 2 is 2.10 bits per heavy atom. The van der Waals surface area contributed by atoms with Crippen molar-refractivity contribution in [1.82, 2.24) is 19.3 Å². The van der Waals surface area contributed by atoms with Crippen LogP contribution in [0.4, 0.5) is 4.39 Å². The highest BCUT2D eigenvalue weighted by Crippen LogP contribution is 2.24. The molecule has 0 fully saturated rings. The molecule has 0 saturated heterocycles. The van der Waals surface area contributed by atoms with Crippen LogP contribution in [-0.4, -0.2) is 25.2 Å². The largest absolute Gasteiger partial charge is 0.326 e. The van der Waals surface area contributed by atoms with Crippen molar-refractivity contribution in [3.63, 3.8) is 0 Å². The number of benzene rings is 1. The third-order valence-electron chi connectivity index (χ3n) is 3.30. The number of aryl methyl sites for hydroxylation is 3. The Labute approximate surface area is 131 Å². The van der Waals surface area contributed by atoms with E-state index >= 15 is 0 Å². The molecule has 21 heavy (non-hydrogen) atoms. The van der Waals surface area contributed by atoms with Crippen LogP contribution in [0.15, 0.2) is 30.6 Å². The molecule has 0 atom stereocenters. The molecule has 4 nitrogen and oxygen atoms in total. The fourth-order valence-electron chi connectivity index (χ4n) is 2.33. The molecule has 3 rings (SSSR count). The third-order valence-corrected chi connectivity index (χ3v) is 3.78. The van der Waals surface area contributed by atoms with Gasteiger partial charge in [-0.15, -0.1) is 11.6 Å². The fourth-order valence-corrected chi connectivity index (χ4v) is 2.66. The summed E-state index contributed by atoms with van der Waals surface area (Å²) in [5.41, 5.74) is 1.41. The highest BCUT2D eigenvalue weighted by atomic mass is 35.5. The van der Waals surface area contributed by atoms with E-state index in [-0.39, 0.29) is 5.02 Å². The van der Waals surface area contributed by atoms with Crippen molar-refractivity contribution in [2.75, 3.05) is 5.88 Å². The van der Waals surface area contributed by atoms with Gasteiger partial charge in [-0.2, -0.15) is 5.10 Å². The van der Waals surface area contributed by atoms with Gasteiger partial charge in [0.05, 0.1) is 22.6 Å². The van der Waals surface area contributed by atoms with E-state index < -0.39 is 5.82 Å². The van der Waals surface area contributed by atoms with Gasteiger partial charge in [0.2, 0.25) is 0 Å². The summed E-state index contributed by atoms with van der Waals surface area (Å²) in [6.45, 7) is 1.32. The molecule has 0 aliphatic carbocycles. The van der Waals surface area contributed by atoms with E-state index in [9.17, 15) is 4.39 Å². The van der Waals surface area contributed by atoms with Gasteiger partial charge in [0.1, 0.15) is 11.6 Å². The van der Waals surface area contributed by atoms with Crippen molar-refractivity contribution in [1.29, 1.82) is 0 Å². The van der Waals surface area contributed by atoms with Crippen LogP contribution >= 0.6 is 23.2 Å². The van der Waals surface area contributed by atoms with Gasteiger partial charge in [0, 0.05) is 37.3 Å². The van der Waals surface area contributed by atoms with Crippen molar-refractivity contribution < 1.29 is 4.39 Å². The standard InChI is InChI=1S/C14H13Cl2FN4/c15-3-2-14-19-12-8-10(16)11(17)9-13(12)21(14)7-6-20-5-1-4-18-20/h1,4-5,8-9H,2-3,6-7H2. The zero-order valence-corrected chi connectivity index (χ0v) is 12.6. The van der Waals surface area contributed by atoms with Crippen LogP contribution in [0.1, 0.15) is 5.82 Å². The first-order valence-corrected chi connectivity index (χ1v) is 7.48. The normalized spacial score (nSPS) is 11.4. The SMILES string of the molecule is Fc1cc2c(cc1Cl)nc(CCCl)n2CCn1cccn1. The summed E-state index contributed by atoms with van der Waals surface area (Å²) < 4.78 is 17.5. The number of alkyl halides is 1. The predicted octanol–water partition coefficient (Wildman–Crippen LogP) is 3.51. The average molecular weight is 327 g/mol. The Morgan fingerprint density at radius 1 is 1.24 bits per heavy atom. The van der Waals surface area contributed by atoms with Crippen molar-refractivity contribution in [3.8, 4) is 0 Å². The summed E-state index contributed by atoms with van der Waals surface area (Å²) >= 11 is 11.6. The maximum absolute atomic E-state index is 13.7. The van der Waals surface area contributed by atoms with Crippen molar-refractivity contribution in [3.05, 3.63) is 47.3 Å². The summed E-state index contributed by atoms with van der Waals surface area (Å²) in [5, 5.41) is 4.24. The number of hydrogen-bond donors (Lipinski definition) is 0. The Morgan fingerprint density at radius 3 is 2.81 bits per heavy atom. The first-order chi connectivity index (χ1) is 10.2. The summed E-state index contributed by atoms with van der Waals surface area (Å²) in [7, 11) is 0. The van der Waals surface area contributed by atoms with Crippen LogP contribution in [0.3, 0.4) is 0 Å². The van der Waals surface area contributed by atoms with Crippen molar-refractivity contribution in [2.45, 2.75) is 19.5 Å². The van der Waals surface area contributed by atoms with Gasteiger partial charge in [-0.05, 0) is 12.1 Å². The van der Waals surface area contributed by atoms with E-state index in [2.05, 4.69) is 10.1 Å². The summed E-state index contributed by atoms with van der Waals surface area (Å²) in [6.07, 6.45) is 4.23. The lowest BCUT2D eigenvalue weighted by molar-refractivity contribution is 0.529. The van der Waals surface area contributed by atoms with E-state index in [1.807, 2.05) is 21.5 Å². The smallest absolute Gasteiger partial charge is 0.144 e. The Balaban J connectivity index is 2.00. The second kappa shape index (κ2) is 6.03. The molecule has 0 N–H and O–H groups in total. The Hall–Kier alpha value is -1.59. The van der Waals surface area contributed by atoms with Crippen LogP contribution < -0.4 is 0 Å². The lowest BCUT2D eigenvalue weighted by Gasteiger charge is -2.09. The average Bonchev–Trinajstić information content (AvgIpc) is 3.06. The molecule has 0 bridgehead atoms. The molecular formula is C14H13Cl2FN4. The van der Waals surface area contributed by atoms with E-state index in [0.29, 0.717) is 30.9 Å². The van der Waals surface area contributed by atoms with Gasteiger partial charge in [-0.1, -0.05) is 11.6 Å². The van der Waals surface area contributed by atoms with Gasteiger partial charge in [-0.3, -0.25) is 4.68 Å². The maximum Gasteiger partial charge on any atom is 0.144 e. The van der Waals surface area contributed by atoms with Crippen LogP contribution in [0, 0.1) is 5.82 Å². The topological polar surface area (TPSA) is 35.6 Å². The number of fused-ring (bicyclic) bond motifs is 1. The molecule has 0 radical (unpaired) electrons. The lowest BCUT2D eigenvalue weighted by atomic mass is 10.3. The maximum atomic E-state index is 13.7. The van der Waals surface area contributed by atoms with Crippen LogP contribution in [-0.2, 0) is 19.5 Å². The quantitative estimate of drug-likeness (QED) is 0.672. The first-order valence-electron chi connectivity index (χ1n) is 6.56. The van der Waals surface area contributed by atoms with Crippen molar-refractivity contribution >= 4 is 34.2 Å². The number of nitrogens with zero attached hydrogens (tertiary/aromatic N) is 4. The molecule has 0 spiro atoms. The van der Waals surface area contributed by atoms with E-state index in [1.54, 1.807) is 12.3 Å². The molecule has 0 aliphatic rings. The van der Waals surface area contributed by atoms with E-state index in [0.717, 1.165) is 11.3 Å². The predicted molar refractivity (Wildman–Crippen MR) is 81.4 cm³/mol. The number of rotatable bonds is 5. The number of aromatic nitrogens is 4. The van der Waals surface area contributed by atoms with Gasteiger partial charge < -0.3 is 4.57 Å². The monoisotopic (exact) mass is 326 g/mol. The molecule has 7 heteroatoms. The second-order valence-corrected chi connectivity index (χ2v) is 5.43. The van der Waals surface area contributed by atoms with Crippen LogP contribution in [0.25, 0.3) is 11.0 Å². The van der Waals surface area contributed by atoms with Crippen LogP contribution in [0.2, 0.25) is 5.02 Å². The van der Waals surface area contributed by atoms with Gasteiger partial charge in [0.25, 0.3) is 0 Å². The van der Waals surface area contributed by atoms with Crippen molar-refractivity contribution in [2.24, 2.45) is 0 Å². The zero-order valence-electron chi connectivity index (χ0n) is 11.1. The highest BCUT2D eigenvalue weighted by Gasteiger charge is 2.13. The minimum Gasteiger partial charge on any atom is -0.326 e. The minimum atomic E-state index is -0.443. The van der Waals surface area contributed by atoms with E-state index in [1.165, 1.54) is 6.07 Å². The number of halogens is 3. The Kier molecular flexibility index (Phi) is 4.12. The Bertz CT molecular complexity index is 752. The summed E-state index contributed by atoms with van der Waals surface area (Å²) in [5.74, 6) is 0.844. The molecule has 0 aliphatic heterocycles. The van der Waals surface area contributed by atoms with Gasteiger partial charge in [-0.25, -0.2) is 9.37 Å². The van der Waals surface area contributed by atoms with E-state index in [4.69, 9.17) is 23.2 Å². The lowest BCUT2D eigenvalue weighted by Crippen LogP contribution is -2.11. The fraction of sp³-hybridized carbons (Fsp3) is 0.286. The highest BCUT2D eigenvalue weighted by molar-refractivity contribution is 6.31. The molecule has 3 aromatic rings.